The van der Waals surface area contributed by atoms with Crippen LogP contribution in [0.15, 0.2) is 12.3 Å². The molecule has 14 heavy (non-hydrogen) atoms. The molecule has 0 aromatic carbocycles. The number of hydrogen-bond acceptors (Lipinski definition) is 3. The van der Waals surface area contributed by atoms with E-state index in [9.17, 15) is 4.79 Å². The molecule has 1 aromatic rings. The maximum absolute atomic E-state index is 10.8. The summed E-state index contributed by atoms with van der Waals surface area (Å²) in [5.74, 6) is -0.273. The summed E-state index contributed by atoms with van der Waals surface area (Å²) >= 11 is 5.99. The normalized spacial score (nSPS) is 19.1. The van der Waals surface area contributed by atoms with Crippen molar-refractivity contribution in [1.82, 2.24) is 4.98 Å². The van der Waals surface area contributed by atoms with Crippen molar-refractivity contribution in [3.8, 4) is 0 Å². The van der Waals surface area contributed by atoms with Crippen LogP contribution in [0.25, 0.3) is 0 Å². The third-order valence-corrected chi connectivity index (χ3v) is 2.66. The molecule has 0 radical (unpaired) electrons. The molecule has 0 aliphatic heterocycles. The Bertz CT molecular complexity index is 378. The number of carbonyl (C=O) groups is 1. The van der Waals surface area contributed by atoms with Gasteiger partial charge in [0.1, 0.15) is 6.10 Å². The number of nitrogens with zero attached hydrogens (tertiary/aromatic N) is 1. The Morgan fingerprint density at radius 2 is 2.50 bits per heavy atom. The SMILES string of the molecule is CC(=O)O[C@H]1CCc2c(Cl)ccnc21. The van der Waals surface area contributed by atoms with Crippen LogP contribution in [0, 0.1) is 0 Å². The van der Waals surface area contributed by atoms with Gasteiger partial charge in [0.25, 0.3) is 0 Å². The summed E-state index contributed by atoms with van der Waals surface area (Å²) < 4.78 is 5.13. The average Bonchev–Trinajstić information content (AvgIpc) is 2.49. The minimum atomic E-state index is -0.273. The predicted octanol–water partition coefficient (Wildman–Crippen LogP) is 2.29. The molecule has 1 aliphatic carbocycles. The van der Waals surface area contributed by atoms with Crippen LogP contribution in [0.4, 0.5) is 0 Å². The van der Waals surface area contributed by atoms with Gasteiger partial charge in [0, 0.05) is 18.1 Å². The van der Waals surface area contributed by atoms with Crippen LogP contribution in [0.5, 0.6) is 0 Å². The first kappa shape index (κ1) is 9.46. The molecule has 0 amide bonds. The lowest BCUT2D eigenvalue weighted by Gasteiger charge is -2.10. The minimum absolute atomic E-state index is 0.207. The summed E-state index contributed by atoms with van der Waals surface area (Å²) in [7, 11) is 0. The van der Waals surface area contributed by atoms with Crippen LogP contribution in [0.3, 0.4) is 0 Å². The largest absolute Gasteiger partial charge is 0.456 e. The lowest BCUT2D eigenvalue weighted by molar-refractivity contribution is -0.146. The fourth-order valence-electron chi connectivity index (χ4n) is 1.74. The van der Waals surface area contributed by atoms with Gasteiger partial charge in [-0.1, -0.05) is 11.6 Å². The van der Waals surface area contributed by atoms with Gasteiger partial charge in [-0.2, -0.15) is 0 Å². The highest BCUT2D eigenvalue weighted by Gasteiger charge is 2.27. The van der Waals surface area contributed by atoms with Crippen LogP contribution in [-0.2, 0) is 16.0 Å². The number of halogens is 1. The maximum Gasteiger partial charge on any atom is 0.303 e. The van der Waals surface area contributed by atoms with E-state index in [0.29, 0.717) is 5.02 Å². The summed E-state index contributed by atoms with van der Waals surface area (Å²) in [6, 6.07) is 1.76. The maximum atomic E-state index is 10.8. The molecule has 0 saturated carbocycles. The number of fused-ring (bicyclic) bond motifs is 1. The fourth-order valence-corrected chi connectivity index (χ4v) is 1.98. The number of carbonyl (C=O) groups excluding carboxylic acids is 1. The van der Waals surface area contributed by atoms with Gasteiger partial charge in [-0.05, 0) is 24.5 Å². The molecule has 2 rings (SSSR count). The monoisotopic (exact) mass is 211 g/mol. The third kappa shape index (κ3) is 1.60. The van der Waals surface area contributed by atoms with Crippen molar-refractivity contribution in [3.05, 3.63) is 28.5 Å². The molecule has 0 bridgehead atoms. The highest BCUT2D eigenvalue weighted by atomic mass is 35.5. The van der Waals surface area contributed by atoms with Crippen LogP contribution >= 0.6 is 11.6 Å². The highest BCUT2D eigenvalue weighted by Crippen LogP contribution is 2.35. The van der Waals surface area contributed by atoms with Crippen molar-refractivity contribution in [2.45, 2.75) is 25.9 Å². The minimum Gasteiger partial charge on any atom is -0.456 e. The number of esters is 1. The summed E-state index contributed by atoms with van der Waals surface area (Å²) in [5, 5.41) is 0.713. The van der Waals surface area contributed by atoms with Crippen molar-refractivity contribution in [2.75, 3.05) is 0 Å². The average molecular weight is 212 g/mol. The van der Waals surface area contributed by atoms with E-state index in [-0.39, 0.29) is 12.1 Å². The van der Waals surface area contributed by atoms with Gasteiger partial charge in [-0.3, -0.25) is 9.78 Å². The van der Waals surface area contributed by atoms with Crippen molar-refractivity contribution >= 4 is 17.6 Å². The molecule has 0 unspecified atom stereocenters. The zero-order valence-electron chi connectivity index (χ0n) is 7.79. The van der Waals surface area contributed by atoms with Gasteiger partial charge >= 0.3 is 5.97 Å². The summed E-state index contributed by atoms with van der Waals surface area (Å²) in [6.07, 6.45) is 3.05. The molecular formula is C10H10ClNO2. The predicted molar refractivity (Wildman–Crippen MR) is 52.1 cm³/mol. The van der Waals surface area contributed by atoms with Crippen molar-refractivity contribution < 1.29 is 9.53 Å². The van der Waals surface area contributed by atoms with Gasteiger partial charge < -0.3 is 4.74 Å². The Morgan fingerprint density at radius 3 is 3.21 bits per heavy atom. The second-order valence-electron chi connectivity index (χ2n) is 3.29. The van der Waals surface area contributed by atoms with Gasteiger partial charge in [0.2, 0.25) is 0 Å². The van der Waals surface area contributed by atoms with E-state index in [2.05, 4.69) is 4.98 Å². The van der Waals surface area contributed by atoms with Crippen molar-refractivity contribution in [3.63, 3.8) is 0 Å². The smallest absolute Gasteiger partial charge is 0.303 e. The van der Waals surface area contributed by atoms with Crippen molar-refractivity contribution in [1.29, 1.82) is 0 Å². The molecule has 1 atom stereocenters. The first-order valence-electron chi connectivity index (χ1n) is 4.49. The number of aromatic nitrogens is 1. The molecule has 0 saturated heterocycles. The molecule has 4 heteroatoms. The number of hydrogen-bond donors (Lipinski definition) is 0. The quantitative estimate of drug-likeness (QED) is 0.669. The van der Waals surface area contributed by atoms with Crippen LogP contribution in [0.2, 0.25) is 5.02 Å². The molecule has 1 heterocycles. The zero-order valence-corrected chi connectivity index (χ0v) is 8.54. The molecule has 1 aromatic heterocycles. The molecule has 0 spiro atoms. The Kier molecular flexibility index (Phi) is 2.42. The van der Waals surface area contributed by atoms with E-state index in [1.54, 1.807) is 12.3 Å². The molecule has 74 valence electrons. The summed E-state index contributed by atoms with van der Waals surface area (Å²) in [4.78, 5) is 15.0. The van der Waals surface area contributed by atoms with E-state index in [1.807, 2.05) is 0 Å². The van der Waals surface area contributed by atoms with Gasteiger partial charge in [0.15, 0.2) is 0 Å². The lowest BCUT2D eigenvalue weighted by Crippen LogP contribution is -2.06. The fraction of sp³-hybridized carbons (Fsp3) is 0.400. The Hall–Kier alpha value is -1.09. The van der Waals surface area contributed by atoms with Crippen LogP contribution in [-0.4, -0.2) is 11.0 Å². The molecular weight excluding hydrogens is 202 g/mol. The Balaban J connectivity index is 2.30. The van der Waals surface area contributed by atoms with Gasteiger partial charge in [-0.25, -0.2) is 0 Å². The number of pyridine rings is 1. The number of ether oxygens (including phenoxy) is 1. The topological polar surface area (TPSA) is 39.2 Å². The van der Waals surface area contributed by atoms with E-state index in [1.165, 1.54) is 6.92 Å². The molecule has 1 aliphatic rings. The van der Waals surface area contributed by atoms with E-state index >= 15 is 0 Å². The van der Waals surface area contributed by atoms with Crippen LogP contribution < -0.4 is 0 Å². The number of rotatable bonds is 1. The van der Waals surface area contributed by atoms with Gasteiger partial charge in [0.05, 0.1) is 5.69 Å². The molecule has 3 nitrogen and oxygen atoms in total. The molecule has 0 N–H and O–H groups in total. The van der Waals surface area contributed by atoms with Gasteiger partial charge in [-0.15, -0.1) is 0 Å². The van der Waals surface area contributed by atoms with E-state index in [4.69, 9.17) is 16.3 Å². The Morgan fingerprint density at radius 1 is 1.71 bits per heavy atom. The van der Waals surface area contributed by atoms with Crippen LogP contribution in [0.1, 0.15) is 30.7 Å². The molecule has 0 fully saturated rings. The summed E-state index contributed by atoms with van der Waals surface area (Å²) in [6.45, 7) is 1.41. The van der Waals surface area contributed by atoms with E-state index in [0.717, 1.165) is 24.1 Å². The first-order chi connectivity index (χ1) is 6.68. The Labute approximate surface area is 87.0 Å². The summed E-state index contributed by atoms with van der Waals surface area (Å²) in [5.41, 5.74) is 1.83. The lowest BCUT2D eigenvalue weighted by atomic mass is 10.2. The van der Waals surface area contributed by atoms with Crippen molar-refractivity contribution in [2.24, 2.45) is 0 Å². The highest BCUT2D eigenvalue weighted by molar-refractivity contribution is 6.31. The third-order valence-electron chi connectivity index (χ3n) is 2.30. The second-order valence-corrected chi connectivity index (χ2v) is 3.70. The standard InChI is InChI=1S/C10H10ClNO2/c1-6(13)14-9-3-2-7-8(11)4-5-12-10(7)9/h4-5,9H,2-3H2,1H3/t9-/m0/s1. The zero-order chi connectivity index (χ0) is 10.1. The second kappa shape index (κ2) is 3.58. The van der Waals surface area contributed by atoms with E-state index < -0.39 is 0 Å². The first-order valence-corrected chi connectivity index (χ1v) is 4.87.